The van der Waals surface area contributed by atoms with E-state index in [2.05, 4.69) is 18.2 Å². The molecule has 1 atom stereocenters. The van der Waals surface area contributed by atoms with Crippen molar-refractivity contribution in [3.05, 3.63) is 35.4 Å². The predicted molar refractivity (Wildman–Crippen MR) is 60.8 cm³/mol. The Kier molecular flexibility index (Phi) is 2.87. The van der Waals surface area contributed by atoms with Crippen LogP contribution in [0.25, 0.3) is 0 Å². The molecule has 0 aromatic heterocycles. The minimum Gasteiger partial charge on any atom is -0.321 e. The molecule has 1 aliphatic rings. The zero-order valence-electron chi connectivity index (χ0n) is 9.07. The molecular weight excluding hydrogens is 186 g/mol. The normalized spacial score (nSPS) is 17.5. The van der Waals surface area contributed by atoms with Crippen molar-refractivity contribution in [3.8, 4) is 0 Å². The van der Waals surface area contributed by atoms with E-state index >= 15 is 0 Å². The van der Waals surface area contributed by atoms with Gasteiger partial charge in [-0.1, -0.05) is 24.3 Å². The highest BCUT2D eigenvalue weighted by atomic mass is 16.1. The first-order valence-corrected chi connectivity index (χ1v) is 5.52. The second-order valence-electron chi connectivity index (χ2n) is 4.39. The molecule has 0 amide bonds. The number of carbonyl (C=O) groups excluding carboxylic acids is 1. The second-order valence-corrected chi connectivity index (χ2v) is 4.39. The molecule has 80 valence electrons. The SMILES string of the molecule is CC(=O)C(N)Cc1ccccc1C1CC1. The first-order chi connectivity index (χ1) is 7.18. The Morgan fingerprint density at radius 1 is 1.47 bits per heavy atom. The van der Waals surface area contributed by atoms with E-state index in [9.17, 15) is 4.79 Å². The maximum atomic E-state index is 11.1. The standard InChI is InChI=1S/C13H17NO/c1-9(15)13(14)8-11-4-2-3-5-12(11)10-6-7-10/h2-5,10,13H,6-8,14H2,1H3. The summed E-state index contributed by atoms with van der Waals surface area (Å²) in [5, 5.41) is 0. The Morgan fingerprint density at radius 2 is 2.13 bits per heavy atom. The van der Waals surface area contributed by atoms with Gasteiger partial charge in [0.15, 0.2) is 0 Å². The molecule has 0 spiro atoms. The molecule has 1 fully saturated rings. The number of hydrogen-bond acceptors (Lipinski definition) is 2. The Morgan fingerprint density at radius 3 is 2.73 bits per heavy atom. The first kappa shape index (κ1) is 10.4. The lowest BCUT2D eigenvalue weighted by molar-refractivity contribution is -0.118. The predicted octanol–water partition coefficient (Wildman–Crippen LogP) is 2.02. The van der Waals surface area contributed by atoms with Gasteiger partial charge in [0, 0.05) is 0 Å². The Balaban J connectivity index is 2.16. The highest BCUT2D eigenvalue weighted by Gasteiger charge is 2.26. The number of carbonyl (C=O) groups is 1. The number of ketones is 1. The third-order valence-corrected chi connectivity index (χ3v) is 3.03. The van der Waals surface area contributed by atoms with Gasteiger partial charge < -0.3 is 5.73 Å². The van der Waals surface area contributed by atoms with Crippen molar-refractivity contribution >= 4 is 5.78 Å². The molecule has 2 N–H and O–H groups in total. The van der Waals surface area contributed by atoms with Gasteiger partial charge in [-0.15, -0.1) is 0 Å². The molecule has 1 aromatic rings. The highest BCUT2D eigenvalue weighted by molar-refractivity contribution is 5.81. The fourth-order valence-corrected chi connectivity index (χ4v) is 1.89. The minimum atomic E-state index is -0.343. The Bertz CT molecular complexity index is 369. The number of benzene rings is 1. The van der Waals surface area contributed by atoms with E-state index in [4.69, 9.17) is 5.73 Å². The van der Waals surface area contributed by atoms with Crippen LogP contribution < -0.4 is 5.73 Å². The van der Waals surface area contributed by atoms with Crippen LogP contribution in [0.3, 0.4) is 0 Å². The Labute approximate surface area is 90.5 Å². The van der Waals surface area contributed by atoms with Crippen LogP contribution in [0.4, 0.5) is 0 Å². The van der Waals surface area contributed by atoms with Gasteiger partial charge in [-0.3, -0.25) is 4.79 Å². The lowest BCUT2D eigenvalue weighted by Crippen LogP contribution is -2.30. The molecule has 1 unspecified atom stereocenters. The average molecular weight is 203 g/mol. The fraction of sp³-hybridized carbons (Fsp3) is 0.462. The molecule has 0 aliphatic heterocycles. The van der Waals surface area contributed by atoms with Crippen LogP contribution in [0, 0.1) is 0 Å². The van der Waals surface area contributed by atoms with Gasteiger partial charge >= 0.3 is 0 Å². The van der Waals surface area contributed by atoms with Crippen LogP contribution in [0.2, 0.25) is 0 Å². The van der Waals surface area contributed by atoms with Gasteiger partial charge in [0.05, 0.1) is 6.04 Å². The van der Waals surface area contributed by atoms with Gasteiger partial charge in [-0.25, -0.2) is 0 Å². The van der Waals surface area contributed by atoms with E-state index in [0.29, 0.717) is 6.42 Å². The van der Waals surface area contributed by atoms with Crippen LogP contribution in [0.5, 0.6) is 0 Å². The van der Waals surface area contributed by atoms with E-state index in [1.54, 1.807) is 6.92 Å². The van der Waals surface area contributed by atoms with Crippen molar-refractivity contribution in [2.24, 2.45) is 5.73 Å². The van der Waals surface area contributed by atoms with Crippen molar-refractivity contribution in [2.45, 2.75) is 38.1 Å². The van der Waals surface area contributed by atoms with E-state index < -0.39 is 0 Å². The highest BCUT2D eigenvalue weighted by Crippen LogP contribution is 2.41. The lowest BCUT2D eigenvalue weighted by atomic mass is 9.96. The third-order valence-electron chi connectivity index (χ3n) is 3.03. The summed E-state index contributed by atoms with van der Waals surface area (Å²) < 4.78 is 0. The summed E-state index contributed by atoms with van der Waals surface area (Å²) in [6.45, 7) is 1.56. The summed E-state index contributed by atoms with van der Waals surface area (Å²) in [4.78, 5) is 11.1. The second kappa shape index (κ2) is 4.15. The fourth-order valence-electron chi connectivity index (χ4n) is 1.89. The van der Waals surface area contributed by atoms with E-state index in [1.165, 1.54) is 24.0 Å². The molecule has 0 heterocycles. The van der Waals surface area contributed by atoms with Gasteiger partial charge in [0.2, 0.25) is 0 Å². The van der Waals surface area contributed by atoms with Gasteiger partial charge in [-0.2, -0.15) is 0 Å². The van der Waals surface area contributed by atoms with Gasteiger partial charge in [0.1, 0.15) is 5.78 Å². The molecule has 1 saturated carbocycles. The first-order valence-electron chi connectivity index (χ1n) is 5.52. The number of Topliss-reactive ketones (excluding diaryl/α,β-unsaturated/α-hetero) is 1. The lowest BCUT2D eigenvalue weighted by Gasteiger charge is -2.11. The zero-order valence-corrected chi connectivity index (χ0v) is 9.07. The van der Waals surface area contributed by atoms with Crippen LogP contribution >= 0.6 is 0 Å². The molecule has 0 bridgehead atoms. The molecular formula is C13H17NO. The summed E-state index contributed by atoms with van der Waals surface area (Å²) in [6.07, 6.45) is 3.25. The average Bonchev–Trinajstić information content (AvgIpc) is 3.02. The number of nitrogens with two attached hydrogens (primary N) is 1. The monoisotopic (exact) mass is 203 g/mol. The third kappa shape index (κ3) is 2.45. The molecule has 1 aromatic carbocycles. The summed E-state index contributed by atoms with van der Waals surface area (Å²) in [6, 6.07) is 8.01. The van der Waals surface area contributed by atoms with Gasteiger partial charge in [0.25, 0.3) is 0 Å². The zero-order chi connectivity index (χ0) is 10.8. The van der Waals surface area contributed by atoms with Crippen LogP contribution in [-0.2, 0) is 11.2 Å². The molecule has 0 radical (unpaired) electrons. The van der Waals surface area contributed by atoms with Crippen LogP contribution in [0.1, 0.15) is 36.8 Å². The quantitative estimate of drug-likeness (QED) is 0.813. The van der Waals surface area contributed by atoms with Crippen molar-refractivity contribution in [1.82, 2.24) is 0 Å². The molecule has 1 aliphatic carbocycles. The van der Waals surface area contributed by atoms with Crippen LogP contribution in [-0.4, -0.2) is 11.8 Å². The number of hydrogen-bond donors (Lipinski definition) is 1. The van der Waals surface area contributed by atoms with E-state index in [1.807, 2.05) is 6.07 Å². The maximum absolute atomic E-state index is 11.1. The smallest absolute Gasteiger partial charge is 0.146 e. The van der Waals surface area contributed by atoms with Crippen molar-refractivity contribution < 1.29 is 4.79 Å². The summed E-state index contributed by atoms with van der Waals surface area (Å²) >= 11 is 0. The summed E-state index contributed by atoms with van der Waals surface area (Å²) in [5.41, 5.74) is 8.44. The molecule has 2 nitrogen and oxygen atoms in total. The van der Waals surface area contributed by atoms with E-state index in [-0.39, 0.29) is 11.8 Å². The maximum Gasteiger partial charge on any atom is 0.146 e. The topological polar surface area (TPSA) is 43.1 Å². The summed E-state index contributed by atoms with van der Waals surface area (Å²) in [7, 11) is 0. The molecule has 2 heteroatoms. The Hall–Kier alpha value is -1.15. The molecule has 0 saturated heterocycles. The van der Waals surface area contributed by atoms with Crippen molar-refractivity contribution in [3.63, 3.8) is 0 Å². The number of rotatable bonds is 4. The van der Waals surface area contributed by atoms with Crippen molar-refractivity contribution in [2.75, 3.05) is 0 Å². The van der Waals surface area contributed by atoms with E-state index in [0.717, 1.165) is 5.92 Å². The minimum absolute atomic E-state index is 0.0700. The van der Waals surface area contributed by atoms with Crippen molar-refractivity contribution in [1.29, 1.82) is 0 Å². The largest absolute Gasteiger partial charge is 0.321 e. The van der Waals surface area contributed by atoms with Crippen LogP contribution in [0.15, 0.2) is 24.3 Å². The van der Waals surface area contributed by atoms with Gasteiger partial charge in [-0.05, 0) is 43.2 Å². The molecule has 2 rings (SSSR count). The summed E-state index contributed by atoms with van der Waals surface area (Å²) in [5.74, 6) is 0.793. The molecule has 15 heavy (non-hydrogen) atoms.